The smallest absolute Gasteiger partial charge is 0.243 e. The van der Waals surface area contributed by atoms with E-state index in [-0.39, 0.29) is 41.3 Å². The summed E-state index contributed by atoms with van der Waals surface area (Å²) in [4.78, 5) is 12.9. The van der Waals surface area contributed by atoms with Crippen LogP contribution in [0.5, 0.6) is 5.75 Å². The molecule has 0 bridgehead atoms. The Bertz CT molecular complexity index is 1370. The van der Waals surface area contributed by atoms with Crippen LogP contribution in [0.4, 0.5) is 0 Å². The number of halogens is 2. The van der Waals surface area contributed by atoms with Crippen LogP contribution in [-0.2, 0) is 35.3 Å². The van der Waals surface area contributed by atoms with E-state index in [1.165, 1.54) is 26.8 Å². The third-order valence-electron chi connectivity index (χ3n) is 6.60. The lowest BCUT2D eigenvalue weighted by molar-refractivity contribution is -0.126. The van der Waals surface area contributed by atoms with Crippen molar-refractivity contribution in [1.29, 1.82) is 0 Å². The van der Waals surface area contributed by atoms with E-state index in [2.05, 4.69) is 5.32 Å². The Labute approximate surface area is 239 Å². The van der Waals surface area contributed by atoms with Crippen molar-refractivity contribution in [3.8, 4) is 5.75 Å². The molecule has 1 N–H and O–H groups in total. The number of benzene rings is 2. The maximum atomic E-state index is 13.0. The van der Waals surface area contributed by atoms with Crippen molar-refractivity contribution in [2.24, 2.45) is 5.92 Å². The first-order valence-electron chi connectivity index (χ1n) is 12.6. The zero-order valence-corrected chi connectivity index (χ0v) is 24.4. The van der Waals surface area contributed by atoms with Crippen molar-refractivity contribution < 1.29 is 31.1 Å². The number of hydrogen-bond donors (Lipinski definition) is 1. The highest BCUT2D eigenvalue weighted by molar-refractivity contribution is 7.89. The zero-order valence-electron chi connectivity index (χ0n) is 21.2. The minimum atomic E-state index is -3.67. The summed E-state index contributed by atoms with van der Waals surface area (Å²) >= 11 is 12.1. The second-order valence-corrected chi connectivity index (χ2v) is 14.1. The molecule has 39 heavy (non-hydrogen) atoms. The number of sulfonamides is 2. The molecule has 214 valence electrons. The van der Waals surface area contributed by atoms with Crippen molar-refractivity contribution in [2.75, 3.05) is 52.5 Å². The molecule has 10 nitrogen and oxygen atoms in total. The fourth-order valence-corrected chi connectivity index (χ4v) is 8.07. The minimum Gasteiger partial charge on any atom is -0.492 e. The Kier molecular flexibility index (Phi) is 10.1. The molecule has 0 spiro atoms. The van der Waals surface area contributed by atoms with Crippen molar-refractivity contribution in [3.63, 3.8) is 0 Å². The van der Waals surface area contributed by atoms with Crippen molar-refractivity contribution in [3.05, 3.63) is 58.1 Å². The first-order chi connectivity index (χ1) is 18.6. The van der Waals surface area contributed by atoms with E-state index >= 15 is 0 Å². The van der Waals surface area contributed by atoms with Crippen molar-refractivity contribution in [2.45, 2.75) is 23.5 Å². The molecule has 2 heterocycles. The van der Waals surface area contributed by atoms with Gasteiger partial charge < -0.3 is 14.8 Å². The van der Waals surface area contributed by atoms with Crippen LogP contribution in [0.1, 0.15) is 18.4 Å². The summed E-state index contributed by atoms with van der Waals surface area (Å²) in [6, 6.07) is 10.8. The number of hydrogen-bond acceptors (Lipinski definition) is 7. The third-order valence-corrected chi connectivity index (χ3v) is 10.9. The largest absolute Gasteiger partial charge is 0.492 e. The Hall–Kier alpha value is -1.93. The monoisotopic (exact) mass is 619 g/mol. The Morgan fingerprint density at radius 2 is 1.72 bits per heavy atom. The lowest BCUT2D eigenvalue weighted by Crippen LogP contribution is -2.46. The molecular weight excluding hydrogens is 589 g/mol. The topological polar surface area (TPSA) is 122 Å². The number of amides is 1. The Morgan fingerprint density at radius 1 is 1.00 bits per heavy atom. The number of carbonyl (C=O) groups excluding carboxylic acids is 1. The molecule has 2 fully saturated rings. The van der Waals surface area contributed by atoms with Crippen LogP contribution < -0.4 is 10.1 Å². The van der Waals surface area contributed by atoms with Crippen LogP contribution >= 0.6 is 23.2 Å². The lowest BCUT2D eigenvalue weighted by atomic mass is 9.99. The van der Waals surface area contributed by atoms with Gasteiger partial charge in [-0.3, -0.25) is 4.79 Å². The van der Waals surface area contributed by atoms with Gasteiger partial charge in [-0.25, -0.2) is 21.1 Å². The number of nitrogens with zero attached hydrogens (tertiary/aromatic N) is 2. The van der Waals surface area contributed by atoms with Gasteiger partial charge in [0, 0.05) is 36.2 Å². The highest BCUT2D eigenvalue weighted by Gasteiger charge is 2.32. The minimum absolute atomic E-state index is 0.0965. The van der Waals surface area contributed by atoms with Gasteiger partial charge in [-0.05, 0) is 54.8 Å². The van der Waals surface area contributed by atoms with E-state index in [0.717, 1.165) is 0 Å². The van der Waals surface area contributed by atoms with Crippen molar-refractivity contribution in [1.82, 2.24) is 13.9 Å². The number of carbonyl (C=O) groups is 1. The molecule has 1 amide bonds. The van der Waals surface area contributed by atoms with Gasteiger partial charge in [-0.1, -0.05) is 29.3 Å². The molecule has 0 unspecified atom stereocenters. The molecule has 2 aliphatic rings. The molecule has 2 aromatic rings. The van der Waals surface area contributed by atoms with Gasteiger partial charge in [-0.2, -0.15) is 4.31 Å². The number of nitrogens with one attached hydrogen (secondary N) is 1. The summed E-state index contributed by atoms with van der Waals surface area (Å²) < 4.78 is 65.0. The first kappa shape index (κ1) is 30.0. The van der Waals surface area contributed by atoms with Crippen LogP contribution in [-0.4, -0.2) is 83.9 Å². The van der Waals surface area contributed by atoms with Crippen LogP contribution in [0.3, 0.4) is 0 Å². The summed E-state index contributed by atoms with van der Waals surface area (Å²) in [6.07, 6.45) is 1.15. The summed E-state index contributed by atoms with van der Waals surface area (Å²) in [7, 11) is -7.25. The molecular formula is C25H31Cl2N3O7S2. The van der Waals surface area contributed by atoms with E-state index < -0.39 is 26.0 Å². The molecule has 0 saturated carbocycles. The van der Waals surface area contributed by atoms with E-state index in [1.54, 1.807) is 24.3 Å². The fraction of sp³-hybridized carbons (Fsp3) is 0.480. The van der Waals surface area contributed by atoms with Crippen LogP contribution in [0.15, 0.2) is 47.4 Å². The second kappa shape index (κ2) is 13.2. The average Bonchev–Trinajstić information content (AvgIpc) is 2.93. The van der Waals surface area contributed by atoms with Gasteiger partial charge in [-0.15, -0.1) is 0 Å². The normalized spacial score (nSPS) is 19.5. The highest BCUT2D eigenvalue weighted by atomic mass is 35.5. The third kappa shape index (κ3) is 7.84. The maximum absolute atomic E-state index is 13.0. The van der Waals surface area contributed by atoms with Gasteiger partial charge in [0.15, 0.2) is 0 Å². The first-order valence-corrected chi connectivity index (χ1v) is 16.4. The molecule has 0 radical (unpaired) electrons. The Morgan fingerprint density at radius 3 is 2.41 bits per heavy atom. The van der Waals surface area contributed by atoms with E-state index in [0.29, 0.717) is 62.0 Å². The van der Waals surface area contributed by atoms with Crippen molar-refractivity contribution >= 4 is 49.2 Å². The van der Waals surface area contributed by atoms with Crippen LogP contribution in [0.25, 0.3) is 0 Å². The van der Waals surface area contributed by atoms with E-state index in [9.17, 15) is 21.6 Å². The zero-order chi connectivity index (χ0) is 28.0. The SMILES string of the molecule is O=C(NCCOc1ccc(S(=O)(=O)N2CCOCC2)cc1)[C@@H]1CCCN(S(=O)(=O)Cc2ccc(Cl)cc2Cl)C1. The molecule has 4 rings (SSSR count). The quantitative estimate of drug-likeness (QED) is 0.406. The standard InChI is InChI=1S/C25H31Cl2N3O7S2/c26-21-4-3-20(24(27)16-21)18-38(32,33)30-10-1-2-19(17-30)25(31)28-9-13-37-22-5-7-23(8-6-22)39(34,35)29-11-14-36-15-12-29/h3-8,16,19H,1-2,9-15,17-18H2,(H,28,31)/t19-/m1/s1. The summed E-state index contributed by atoms with van der Waals surface area (Å²) in [5.41, 5.74) is 0.455. The number of piperidine rings is 1. The summed E-state index contributed by atoms with van der Waals surface area (Å²) in [6.45, 7) is 2.22. The molecule has 0 aliphatic carbocycles. The number of ether oxygens (including phenoxy) is 2. The van der Waals surface area contributed by atoms with Gasteiger partial charge in [0.1, 0.15) is 12.4 Å². The number of morpholine rings is 1. The predicted octanol–water partition coefficient (Wildman–Crippen LogP) is 2.75. The maximum Gasteiger partial charge on any atom is 0.243 e. The second-order valence-electron chi connectivity index (χ2n) is 9.32. The molecule has 2 saturated heterocycles. The van der Waals surface area contributed by atoms with Gasteiger partial charge in [0.25, 0.3) is 0 Å². The molecule has 2 aromatic carbocycles. The fourth-order valence-electron chi connectivity index (χ4n) is 4.47. The highest BCUT2D eigenvalue weighted by Crippen LogP contribution is 2.26. The molecule has 2 aliphatic heterocycles. The van der Waals surface area contributed by atoms with Crippen LogP contribution in [0.2, 0.25) is 10.0 Å². The molecule has 1 atom stereocenters. The van der Waals surface area contributed by atoms with E-state index in [1.807, 2.05) is 0 Å². The predicted molar refractivity (Wildman–Crippen MR) is 148 cm³/mol. The Balaban J connectivity index is 1.23. The number of rotatable bonds is 10. The molecule has 14 heteroatoms. The van der Waals surface area contributed by atoms with Gasteiger partial charge in [0.2, 0.25) is 26.0 Å². The molecule has 0 aromatic heterocycles. The lowest BCUT2D eigenvalue weighted by Gasteiger charge is -2.31. The van der Waals surface area contributed by atoms with Gasteiger partial charge in [0.05, 0.1) is 36.3 Å². The van der Waals surface area contributed by atoms with Gasteiger partial charge >= 0.3 is 0 Å². The summed E-state index contributed by atoms with van der Waals surface area (Å²) in [5.74, 6) is -0.507. The summed E-state index contributed by atoms with van der Waals surface area (Å²) in [5, 5.41) is 3.51. The van der Waals surface area contributed by atoms with Crippen LogP contribution in [0, 0.1) is 5.92 Å². The average molecular weight is 621 g/mol. The van der Waals surface area contributed by atoms with E-state index in [4.69, 9.17) is 32.7 Å².